The molecule has 1 atom stereocenters. The fourth-order valence-electron chi connectivity index (χ4n) is 3.14. The van der Waals surface area contributed by atoms with Gasteiger partial charge in [-0.1, -0.05) is 6.58 Å². The molecule has 23 heavy (non-hydrogen) atoms. The lowest BCUT2D eigenvalue weighted by Gasteiger charge is -2.16. The van der Waals surface area contributed by atoms with E-state index in [-0.39, 0.29) is 18.6 Å². The highest BCUT2D eigenvalue weighted by molar-refractivity contribution is 5.87. The molecule has 2 N–H and O–H groups in total. The summed E-state index contributed by atoms with van der Waals surface area (Å²) in [5, 5.41) is 18.2. The van der Waals surface area contributed by atoms with Gasteiger partial charge in [-0.25, -0.2) is 0 Å². The summed E-state index contributed by atoms with van der Waals surface area (Å²) in [6, 6.07) is 6.39. The average molecular weight is 314 g/mol. The van der Waals surface area contributed by atoms with Gasteiger partial charge < -0.3 is 15.3 Å². The first-order chi connectivity index (χ1) is 11.1. The van der Waals surface area contributed by atoms with E-state index >= 15 is 0 Å². The molecular weight excluding hydrogens is 292 g/mol. The second-order valence-corrected chi connectivity index (χ2v) is 5.88. The third-order valence-electron chi connectivity index (χ3n) is 4.29. The number of nitrogens with zero attached hydrogens (tertiary/aromatic N) is 3. The van der Waals surface area contributed by atoms with Gasteiger partial charge in [0, 0.05) is 30.2 Å². The number of hydrogen-bond donors (Lipinski definition) is 2. The normalized spacial score (nSPS) is 17.7. The zero-order valence-electron chi connectivity index (χ0n) is 13.3. The number of aromatic nitrogens is 2. The summed E-state index contributed by atoms with van der Waals surface area (Å²) in [6.45, 7) is 7.51. The Balaban J connectivity index is 1.77. The van der Waals surface area contributed by atoms with Crippen LogP contribution >= 0.6 is 0 Å². The van der Waals surface area contributed by atoms with Crippen LogP contribution in [0.1, 0.15) is 12.1 Å². The summed E-state index contributed by atoms with van der Waals surface area (Å²) >= 11 is 0. The number of anilines is 1. The van der Waals surface area contributed by atoms with Crippen LogP contribution in [0.25, 0.3) is 10.9 Å². The largest absolute Gasteiger partial charge is 0.394 e. The zero-order chi connectivity index (χ0) is 16.4. The highest BCUT2D eigenvalue weighted by atomic mass is 16.3. The quantitative estimate of drug-likeness (QED) is 0.821. The Morgan fingerprint density at radius 3 is 3.13 bits per heavy atom. The van der Waals surface area contributed by atoms with E-state index in [4.69, 9.17) is 0 Å². The van der Waals surface area contributed by atoms with Crippen molar-refractivity contribution in [3.63, 3.8) is 0 Å². The SMILES string of the molecule is C=CC(=O)N1CCC(Nc2ccc3c(C)nn(CCO)c3c2)C1. The smallest absolute Gasteiger partial charge is 0.246 e. The highest BCUT2D eigenvalue weighted by Crippen LogP contribution is 2.24. The van der Waals surface area contributed by atoms with Crippen LogP contribution in [0.4, 0.5) is 5.69 Å². The van der Waals surface area contributed by atoms with Gasteiger partial charge in [0.25, 0.3) is 0 Å². The molecule has 1 aromatic heterocycles. The molecule has 1 aliphatic heterocycles. The van der Waals surface area contributed by atoms with Gasteiger partial charge in [0.1, 0.15) is 0 Å². The maximum Gasteiger partial charge on any atom is 0.246 e. The van der Waals surface area contributed by atoms with Gasteiger partial charge in [0.15, 0.2) is 0 Å². The molecule has 2 heterocycles. The van der Waals surface area contributed by atoms with E-state index in [2.05, 4.69) is 29.1 Å². The number of carbonyl (C=O) groups is 1. The van der Waals surface area contributed by atoms with Crippen LogP contribution in [0.15, 0.2) is 30.9 Å². The molecule has 1 amide bonds. The lowest BCUT2D eigenvalue weighted by Crippen LogP contribution is -2.30. The predicted molar refractivity (Wildman–Crippen MR) is 90.4 cm³/mol. The van der Waals surface area contributed by atoms with E-state index in [1.165, 1.54) is 6.08 Å². The topological polar surface area (TPSA) is 70.4 Å². The van der Waals surface area contributed by atoms with Gasteiger partial charge in [-0.15, -0.1) is 0 Å². The summed E-state index contributed by atoms with van der Waals surface area (Å²) in [5.74, 6) is -0.0126. The molecule has 0 bridgehead atoms. The molecule has 1 aliphatic rings. The number of benzene rings is 1. The minimum atomic E-state index is -0.0126. The van der Waals surface area contributed by atoms with Crippen LogP contribution in [0.3, 0.4) is 0 Å². The van der Waals surface area contributed by atoms with Crippen LogP contribution in [0, 0.1) is 6.92 Å². The Morgan fingerprint density at radius 1 is 1.57 bits per heavy atom. The van der Waals surface area contributed by atoms with Crippen molar-refractivity contribution in [1.82, 2.24) is 14.7 Å². The summed E-state index contributed by atoms with van der Waals surface area (Å²) in [5.41, 5.74) is 2.98. The minimum absolute atomic E-state index is 0.0126. The first-order valence-corrected chi connectivity index (χ1v) is 7.88. The van der Waals surface area contributed by atoms with Crippen LogP contribution in [0.2, 0.25) is 0 Å². The standard InChI is InChI=1S/C17H22N4O2/c1-3-17(23)20-7-6-14(11-20)18-13-4-5-15-12(2)19-21(8-9-22)16(15)10-13/h3-5,10,14,18,22H,1,6-9,11H2,2H3. The van der Waals surface area contributed by atoms with Gasteiger partial charge in [-0.2, -0.15) is 5.10 Å². The first-order valence-electron chi connectivity index (χ1n) is 7.88. The van der Waals surface area contributed by atoms with Crippen molar-refractivity contribution in [3.8, 4) is 0 Å². The molecular formula is C17H22N4O2. The summed E-state index contributed by atoms with van der Waals surface area (Å²) in [6.07, 6.45) is 2.29. The van der Waals surface area contributed by atoms with E-state index in [1.54, 1.807) is 0 Å². The number of carbonyl (C=O) groups excluding carboxylic acids is 1. The molecule has 1 saturated heterocycles. The Morgan fingerprint density at radius 2 is 2.39 bits per heavy atom. The number of fused-ring (bicyclic) bond motifs is 1. The molecule has 6 nitrogen and oxygen atoms in total. The third-order valence-corrected chi connectivity index (χ3v) is 4.29. The Labute approximate surface area is 135 Å². The predicted octanol–water partition coefficient (Wildman–Crippen LogP) is 1.54. The molecule has 1 unspecified atom stereocenters. The van der Waals surface area contributed by atoms with Crippen molar-refractivity contribution in [1.29, 1.82) is 0 Å². The molecule has 6 heteroatoms. The van der Waals surface area contributed by atoms with Gasteiger partial charge in [0.2, 0.25) is 5.91 Å². The van der Waals surface area contributed by atoms with Crippen LogP contribution in [0.5, 0.6) is 0 Å². The van der Waals surface area contributed by atoms with E-state index in [0.717, 1.165) is 35.2 Å². The van der Waals surface area contributed by atoms with Crippen molar-refractivity contribution in [3.05, 3.63) is 36.5 Å². The lowest BCUT2D eigenvalue weighted by molar-refractivity contribution is -0.125. The maximum absolute atomic E-state index is 11.7. The van der Waals surface area contributed by atoms with Crippen LogP contribution in [-0.2, 0) is 11.3 Å². The molecule has 122 valence electrons. The van der Waals surface area contributed by atoms with Crippen LogP contribution < -0.4 is 5.32 Å². The summed E-state index contributed by atoms with van der Waals surface area (Å²) in [7, 11) is 0. The first kappa shape index (κ1) is 15.6. The monoisotopic (exact) mass is 314 g/mol. The van der Waals surface area contributed by atoms with E-state index in [0.29, 0.717) is 13.1 Å². The lowest BCUT2D eigenvalue weighted by atomic mass is 10.1. The molecule has 1 fully saturated rings. The Kier molecular flexibility index (Phi) is 4.34. The average Bonchev–Trinajstić information content (AvgIpc) is 3.13. The fourth-order valence-corrected chi connectivity index (χ4v) is 3.14. The molecule has 3 rings (SSSR count). The second-order valence-electron chi connectivity index (χ2n) is 5.88. The highest BCUT2D eigenvalue weighted by Gasteiger charge is 2.24. The molecule has 0 saturated carbocycles. The minimum Gasteiger partial charge on any atom is -0.394 e. The van der Waals surface area contributed by atoms with E-state index in [1.807, 2.05) is 22.6 Å². The number of rotatable bonds is 5. The van der Waals surface area contributed by atoms with Crippen molar-refractivity contribution in [2.75, 3.05) is 25.0 Å². The number of aryl methyl sites for hydroxylation is 1. The van der Waals surface area contributed by atoms with Crippen LogP contribution in [-0.4, -0.2) is 51.4 Å². The fraction of sp³-hybridized carbons (Fsp3) is 0.412. The van der Waals surface area contributed by atoms with Gasteiger partial charge in [-0.3, -0.25) is 9.48 Å². The molecule has 0 aliphatic carbocycles. The third kappa shape index (κ3) is 3.07. The van der Waals surface area contributed by atoms with E-state index < -0.39 is 0 Å². The van der Waals surface area contributed by atoms with Gasteiger partial charge in [-0.05, 0) is 37.6 Å². The van der Waals surface area contributed by atoms with Gasteiger partial charge in [0.05, 0.1) is 24.4 Å². The number of nitrogens with one attached hydrogen (secondary N) is 1. The number of amides is 1. The molecule has 1 aromatic carbocycles. The number of aliphatic hydroxyl groups is 1. The van der Waals surface area contributed by atoms with Gasteiger partial charge >= 0.3 is 0 Å². The molecule has 2 aromatic rings. The summed E-state index contributed by atoms with van der Waals surface area (Å²) < 4.78 is 1.83. The zero-order valence-corrected chi connectivity index (χ0v) is 13.3. The van der Waals surface area contributed by atoms with Crippen molar-refractivity contribution < 1.29 is 9.90 Å². The maximum atomic E-state index is 11.7. The van der Waals surface area contributed by atoms with Crippen molar-refractivity contribution in [2.24, 2.45) is 0 Å². The number of aliphatic hydroxyl groups excluding tert-OH is 1. The second kappa shape index (κ2) is 6.42. The molecule has 0 spiro atoms. The van der Waals surface area contributed by atoms with Crippen molar-refractivity contribution >= 4 is 22.5 Å². The Hall–Kier alpha value is -2.34. The number of hydrogen-bond acceptors (Lipinski definition) is 4. The number of likely N-dealkylation sites (tertiary alicyclic amines) is 1. The Bertz CT molecular complexity index is 738. The van der Waals surface area contributed by atoms with Crippen molar-refractivity contribution in [2.45, 2.75) is 25.9 Å². The van der Waals surface area contributed by atoms with E-state index in [9.17, 15) is 9.90 Å². The summed E-state index contributed by atoms with van der Waals surface area (Å²) in [4.78, 5) is 13.5. The molecule has 0 radical (unpaired) electrons.